The number of aromatic nitrogens is 1. The maximum atomic E-state index is 6.21. The summed E-state index contributed by atoms with van der Waals surface area (Å²) < 4.78 is 0. The van der Waals surface area contributed by atoms with Gasteiger partial charge in [-0.3, -0.25) is 4.90 Å². The second kappa shape index (κ2) is 6.75. The third kappa shape index (κ3) is 2.92. The van der Waals surface area contributed by atoms with Crippen molar-refractivity contribution in [3.8, 4) is 0 Å². The van der Waals surface area contributed by atoms with E-state index in [1.165, 1.54) is 31.2 Å². The predicted molar refractivity (Wildman–Crippen MR) is 89.3 cm³/mol. The first-order valence-electron chi connectivity index (χ1n) is 8.23. The maximum Gasteiger partial charge on any atom is 0.128 e. The Morgan fingerprint density at radius 2 is 1.95 bits per heavy atom. The van der Waals surface area contributed by atoms with Crippen molar-refractivity contribution in [1.82, 2.24) is 15.2 Å². The zero-order valence-electron chi connectivity index (χ0n) is 13.9. The molecular formula is C17H30N4. The van der Waals surface area contributed by atoms with Crippen LogP contribution in [0.4, 0.5) is 5.82 Å². The summed E-state index contributed by atoms with van der Waals surface area (Å²) in [5.41, 5.74) is 8.71. The third-order valence-corrected chi connectivity index (χ3v) is 5.09. The molecule has 4 heteroatoms. The van der Waals surface area contributed by atoms with E-state index >= 15 is 0 Å². The van der Waals surface area contributed by atoms with Crippen LogP contribution in [0.5, 0.6) is 0 Å². The van der Waals surface area contributed by atoms with Gasteiger partial charge < -0.3 is 11.1 Å². The molecule has 4 nitrogen and oxygen atoms in total. The van der Waals surface area contributed by atoms with Crippen LogP contribution >= 0.6 is 0 Å². The molecule has 1 aliphatic rings. The van der Waals surface area contributed by atoms with Gasteiger partial charge in [0.2, 0.25) is 0 Å². The van der Waals surface area contributed by atoms with Crippen molar-refractivity contribution in [3.63, 3.8) is 0 Å². The highest BCUT2D eigenvalue weighted by Gasteiger charge is 2.45. The Morgan fingerprint density at radius 1 is 1.33 bits per heavy atom. The lowest BCUT2D eigenvalue weighted by Gasteiger charge is -2.46. The molecule has 1 aromatic rings. The first kappa shape index (κ1) is 16.2. The summed E-state index contributed by atoms with van der Waals surface area (Å²) in [4.78, 5) is 6.99. The molecule has 1 aromatic heterocycles. The Hall–Kier alpha value is -1.13. The highest BCUT2D eigenvalue weighted by atomic mass is 15.2. The lowest BCUT2D eigenvalue weighted by Crippen LogP contribution is -2.54. The van der Waals surface area contributed by atoms with Crippen LogP contribution in [0.3, 0.4) is 0 Å². The van der Waals surface area contributed by atoms with Crippen molar-refractivity contribution < 1.29 is 0 Å². The minimum absolute atomic E-state index is 0.168. The highest BCUT2D eigenvalue weighted by molar-refractivity contribution is 5.44. The van der Waals surface area contributed by atoms with E-state index in [-0.39, 0.29) is 11.6 Å². The molecule has 118 valence electrons. The van der Waals surface area contributed by atoms with Crippen LogP contribution in [0.15, 0.2) is 12.3 Å². The molecule has 1 atom stereocenters. The van der Waals surface area contributed by atoms with E-state index in [4.69, 9.17) is 5.73 Å². The number of nitrogens with two attached hydrogens (primary N) is 1. The molecule has 0 saturated heterocycles. The molecule has 0 aromatic carbocycles. The second-order valence-electron chi connectivity index (χ2n) is 6.19. The van der Waals surface area contributed by atoms with Crippen LogP contribution in [0.2, 0.25) is 0 Å². The summed E-state index contributed by atoms with van der Waals surface area (Å²) in [7, 11) is 2.05. The molecule has 1 heterocycles. The molecule has 2 rings (SSSR count). The summed E-state index contributed by atoms with van der Waals surface area (Å²) in [5, 5.41) is 3.56. The van der Waals surface area contributed by atoms with Crippen molar-refractivity contribution in [3.05, 3.63) is 23.4 Å². The van der Waals surface area contributed by atoms with Crippen LogP contribution in [0.25, 0.3) is 0 Å². The molecule has 1 fully saturated rings. The van der Waals surface area contributed by atoms with Gasteiger partial charge in [-0.2, -0.15) is 0 Å². The molecule has 0 spiro atoms. The van der Waals surface area contributed by atoms with E-state index in [9.17, 15) is 0 Å². The Balaban J connectivity index is 2.47. The monoisotopic (exact) mass is 290 g/mol. The van der Waals surface area contributed by atoms with Gasteiger partial charge in [-0.25, -0.2) is 4.98 Å². The second-order valence-corrected chi connectivity index (χ2v) is 6.19. The lowest BCUT2D eigenvalue weighted by atomic mass is 9.81. The fourth-order valence-corrected chi connectivity index (χ4v) is 4.18. The number of hydrogen-bond donors (Lipinski definition) is 2. The Morgan fingerprint density at radius 3 is 2.48 bits per heavy atom. The van der Waals surface area contributed by atoms with Gasteiger partial charge in [0.05, 0.1) is 6.04 Å². The number of rotatable bonds is 6. The fourth-order valence-electron chi connectivity index (χ4n) is 4.18. The zero-order chi connectivity index (χ0) is 15.5. The van der Waals surface area contributed by atoms with E-state index in [1.54, 1.807) is 0 Å². The third-order valence-electron chi connectivity index (χ3n) is 5.09. The van der Waals surface area contributed by atoms with Gasteiger partial charge in [0.15, 0.2) is 0 Å². The van der Waals surface area contributed by atoms with E-state index in [1.807, 2.05) is 6.20 Å². The average Bonchev–Trinajstić information content (AvgIpc) is 2.95. The van der Waals surface area contributed by atoms with Crippen LogP contribution in [-0.2, 0) is 0 Å². The van der Waals surface area contributed by atoms with Gasteiger partial charge in [-0.15, -0.1) is 0 Å². The summed E-state index contributed by atoms with van der Waals surface area (Å²) in [6.07, 6.45) is 6.91. The van der Waals surface area contributed by atoms with Gasteiger partial charge in [0.25, 0.3) is 0 Å². The van der Waals surface area contributed by atoms with Crippen molar-refractivity contribution in [1.29, 1.82) is 0 Å². The smallest absolute Gasteiger partial charge is 0.128 e. The average molecular weight is 290 g/mol. The van der Waals surface area contributed by atoms with E-state index in [0.29, 0.717) is 5.82 Å². The van der Waals surface area contributed by atoms with Crippen LogP contribution in [-0.4, -0.2) is 35.6 Å². The van der Waals surface area contributed by atoms with Crippen LogP contribution < -0.4 is 11.1 Å². The van der Waals surface area contributed by atoms with Gasteiger partial charge in [-0.05, 0) is 51.5 Å². The molecule has 1 aliphatic carbocycles. The number of hydrogen-bond acceptors (Lipinski definition) is 4. The Labute approximate surface area is 129 Å². The largest absolute Gasteiger partial charge is 0.383 e. The summed E-state index contributed by atoms with van der Waals surface area (Å²) in [5.74, 6) is 0.665. The summed E-state index contributed by atoms with van der Waals surface area (Å²) in [6.45, 7) is 8.76. The predicted octanol–water partition coefficient (Wildman–Crippen LogP) is 2.89. The molecule has 0 bridgehead atoms. The standard InChI is InChI=1S/C17H30N4/c1-5-21(6-2)17(9-7-8-10-17)15(19-4)14-11-13(3)12-20-16(14)18/h11-12,15,19H,5-10H2,1-4H3,(H2,18,20). The quantitative estimate of drug-likeness (QED) is 0.846. The number of nitrogen functional groups attached to an aromatic ring is 1. The van der Waals surface area contributed by atoms with Crippen LogP contribution in [0, 0.1) is 6.92 Å². The number of aryl methyl sites for hydroxylation is 1. The summed E-state index contributed by atoms with van der Waals surface area (Å²) in [6, 6.07) is 2.44. The number of nitrogens with one attached hydrogen (secondary N) is 1. The van der Waals surface area contributed by atoms with Crippen LogP contribution in [0.1, 0.15) is 56.7 Å². The maximum absolute atomic E-state index is 6.21. The molecule has 3 N–H and O–H groups in total. The van der Waals surface area contributed by atoms with Crippen molar-refractivity contribution >= 4 is 5.82 Å². The van der Waals surface area contributed by atoms with Gasteiger partial charge in [0, 0.05) is 17.3 Å². The summed E-state index contributed by atoms with van der Waals surface area (Å²) >= 11 is 0. The molecule has 0 aliphatic heterocycles. The van der Waals surface area contributed by atoms with E-state index in [2.05, 4.69) is 49.1 Å². The van der Waals surface area contributed by atoms with Crippen molar-refractivity contribution in [2.24, 2.45) is 0 Å². The van der Waals surface area contributed by atoms with Gasteiger partial charge in [0.1, 0.15) is 5.82 Å². The van der Waals surface area contributed by atoms with Gasteiger partial charge in [-0.1, -0.05) is 26.7 Å². The number of nitrogens with zero attached hydrogens (tertiary/aromatic N) is 2. The Bertz CT molecular complexity index is 462. The minimum atomic E-state index is 0.168. The molecular weight excluding hydrogens is 260 g/mol. The number of likely N-dealkylation sites (N-methyl/N-ethyl adjacent to an activating group) is 2. The number of anilines is 1. The highest BCUT2D eigenvalue weighted by Crippen LogP contribution is 2.45. The van der Waals surface area contributed by atoms with Gasteiger partial charge >= 0.3 is 0 Å². The molecule has 1 unspecified atom stereocenters. The molecule has 21 heavy (non-hydrogen) atoms. The number of pyridine rings is 1. The fraction of sp³-hybridized carbons (Fsp3) is 0.706. The van der Waals surface area contributed by atoms with Crippen molar-refractivity contribution in [2.75, 3.05) is 25.9 Å². The topological polar surface area (TPSA) is 54.2 Å². The molecule has 0 amide bonds. The lowest BCUT2D eigenvalue weighted by molar-refractivity contribution is 0.0657. The van der Waals surface area contributed by atoms with Crippen molar-refractivity contribution in [2.45, 2.75) is 58.0 Å². The SMILES string of the molecule is CCN(CC)C1(C(NC)c2cc(C)cnc2N)CCCC1. The Kier molecular flexibility index (Phi) is 5.22. The first-order chi connectivity index (χ1) is 10.1. The zero-order valence-corrected chi connectivity index (χ0v) is 13.9. The molecule has 0 radical (unpaired) electrons. The first-order valence-corrected chi connectivity index (χ1v) is 8.23. The van der Waals surface area contributed by atoms with E-state index in [0.717, 1.165) is 18.7 Å². The minimum Gasteiger partial charge on any atom is -0.383 e. The molecule has 1 saturated carbocycles. The normalized spacial score (nSPS) is 19.1. The van der Waals surface area contributed by atoms with E-state index < -0.39 is 0 Å².